The lowest BCUT2D eigenvalue weighted by molar-refractivity contribution is -0.144. The van der Waals surface area contributed by atoms with Crippen LogP contribution < -0.4 is 5.32 Å². The molecule has 1 saturated carbocycles. The van der Waals surface area contributed by atoms with E-state index >= 15 is 0 Å². The van der Waals surface area contributed by atoms with E-state index in [9.17, 15) is 4.79 Å². The van der Waals surface area contributed by atoms with Gasteiger partial charge in [0.1, 0.15) is 0 Å². The second-order valence-corrected chi connectivity index (χ2v) is 7.93. The number of methoxy groups -OCH3 is 1. The smallest absolute Gasteiger partial charge is 0.310 e. The van der Waals surface area contributed by atoms with Crippen LogP contribution in [-0.4, -0.2) is 61.1 Å². The summed E-state index contributed by atoms with van der Waals surface area (Å²) in [6.45, 7) is 4.54. The van der Waals surface area contributed by atoms with Crippen molar-refractivity contribution in [1.82, 2.24) is 10.2 Å². The number of ether oxygens (including phenoxy) is 1. The Hall–Kier alpha value is -0.180. The van der Waals surface area contributed by atoms with E-state index in [1.165, 1.54) is 39.2 Å². The summed E-state index contributed by atoms with van der Waals surface area (Å²) >= 11 is 2.15. The highest BCUT2D eigenvalue weighted by Crippen LogP contribution is 2.42. The molecule has 1 aliphatic heterocycles. The van der Waals surface area contributed by atoms with Crippen LogP contribution in [0.15, 0.2) is 4.99 Å². The van der Waals surface area contributed by atoms with Crippen LogP contribution >= 0.6 is 35.7 Å². The molecule has 2 fully saturated rings. The zero-order valence-corrected chi connectivity index (χ0v) is 17.6. The van der Waals surface area contributed by atoms with Gasteiger partial charge in [-0.25, -0.2) is 0 Å². The molecular formula is C16H30IN3O2S. The minimum atomic E-state index is -0.180. The average Bonchev–Trinajstić information content (AvgIpc) is 2.55. The molecule has 1 aliphatic carbocycles. The predicted octanol–water partition coefficient (Wildman–Crippen LogP) is 2.74. The maximum atomic E-state index is 11.5. The molecule has 1 spiro atoms. The molecule has 1 N–H and O–H groups in total. The molecule has 0 amide bonds. The second kappa shape index (κ2) is 9.96. The summed E-state index contributed by atoms with van der Waals surface area (Å²) in [6, 6.07) is 0. The maximum absolute atomic E-state index is 11.5. The largest absolute Gasteiger partial charge is 0.469 e. The normalized spacial score (nSPS) is 22.2. The van der Waals surface area contributed by atoms with Gasteiger partial charge in [0.05, 0.1) is 13.0 Å². The number of rotatable bonds is 3. The summed E-state index contributed by atoms with van der Waals surface area (Å²) in [6.07, 6.45) is 6.73. The molecule has 1 atom stereocenters. The van der Waals surface area contributed by atoms with Gasteiger partial charge in [0.2, 0.25) is 0 Å². The van der Waals surface area contributed by atoms with Crippen LogP contribution in [0.25, 0.3) is 0 Å². The zero-order chi connectivity index (χ0) is 16.0. The molecule has 23 heavy (non-hydrogen) atoms. The van der Waals surface area contributed by atoms with E-state index in [-0.39, 0.29) is 35.9 Å². The number of carbonyl (C=O) groups is 1. The lowest BCUT2D eigenvalue weighted by Crippen LogP contribution is -2.54. The number of hydrogen-bond acceptors (Lipinski definition) is 4. The Morgan fingerprint density at radius 3 is 2.70 bits per heavy atom. The Kier molecular flexibility index (Phi) is 9.03. The molecule has 0 radical (unpaired) electrons. The van der Waals surface area contributed by atoms with Gasteiger partial charge in [-0.15, -0.1) is 24.0 Å². The van der Waals surface area contributed by atoms with Gasteiger partial charge in [-0.2, -0.15) is 11.8 Å². The van der Waals surface area contributed by atoms with Crippen molar-refractivity contribution in [3.63, 3.8) is 0 Å². The molecule has 5 nitrogen and oxygen atoms in total. The highest BCUT2D eigenvalue weighted by Gasteiger charge is 2.38. The molecule has 7 heteroatoms. The zero-order valence-electron chi connectivity index (χ0n) is 14.5. The van der Waals surface area contributed by atoms with Crippen molar-refractivity contribution in [2.45, 2.75) is 43.8 Å². The number of thioether (sulfide) groups is 1. The highest BCUT2D eigenvalue weighted by atomic mass is 127. The first-order valence-electron chi connectivity index (χ1n) is 8.27. The Labute approximate surface area is 161 Å². The minimum absolute atomic E-state index is 0. The quantitative estimate of drug-likeness (QED) is 0.307. The predicted molar refractivity (Wildman–Crippen MR) is 108 cm³/mol. The molecule has 0 aromatic rings. The van der Waals surface area contributed by atoms with Gasteiger partial charge in [0.25, 0.3) is 0 Å². The summed E-state index contributed by atoms with van der Waals surface area (Å²) < 4.78 is 5.20. The summed E-state index contributed by atoms with van der Waals surface area (Å²) in [5.74, 6) is 1.74. The van der Waals surface area contributed by atoms with E-state index in [0.29, 0.717) is 11.3 Å². The molecule has 0 aromatic heterocycles. The first kappa shape index (κ1) is 20.9. The van der Waals surface area contributed by atoms with E-state index in [0.717, 1.165) is 24.8 Å². The lowest BCUT2D eigenvalue weighted by atomic mass is 9.87. The standard InChI is InChI=1S/C16H29N3O2S.HI/c1-13(14(20)21-3)11-18-15(17-2)19-9-10-22-16(12-19)7-5-4-6-8-16;/h13H,4-12H2,1-3H3,(H,17,18);1H. The summed E-state index contributed by atoms with van der Waals surface area (Å²) in [7, 11) is 3.25. The van der Waals surface area contributed by atoms with Crippen molar-refractivity contribution in [3.8, 4) is 0 Å². The SMILES string of the molecule is CN=C(NCC(C)C(=O)OC)N1CCSC2(CCCCC2)C1.I. The van der Waals surface area contributed by atoms with Crippen molar-refractivity contribution in [1.29, 1.82) is 0 Å². The van der Waals surface area contributed by atoms with Gasteiger partial charge in [-0.1, -0.05) is 26.2 Å². The fourth-order valence-corrected chi connectivity index (χ4v) is 4.95. The van der Waals surface area contributed by atoms with Crippen molar-refractivity contribution in [3.05, 3.63) is 0 Å². The number of guanidine groups is 1. The molecule has 1 unspecified atom stereocenters. The van der Waals surface area contributed by atoms with Crippen LogP contribution in [0.4, 0.5) is 0 Å². The maximum Gasteiger partial charge on any atom is 0.310 e. The van der Waals surface area contributed by atoms with Crippen LogP contribution in [0, 0.1) is 5.92 Å². The Morgan fingerprint density at radius 1 is 1.39 bits per heavy atom. The first-order chi connectivity index (χ1) is 10.6. The van der Waals surface area contributed by atoms with Crippen molar-refractivity contribution in [2.24, 2.45) is 10.9 Å². The van der Waals surface area contributed by atoms with Crippen LogP contribution in [0.5, 0.6) is 0 Å². The second-order valence-electron chi connectivity index (χ2n) is 6.37. The summed E-state index contributed by atoms with van der Waals surface area (Å²) in [5.41, 5.74) is 0. The number of nitrogens with zero attached hydrogens (tertiary/aromatic N) is 2. The summed E-state index contributed by atoms with van der Waals surface area (Å²) in [5, 5.41) is 3.34. The number of esters is 1. The molecule has 134 valence electrons. The average molecular weight is 455 g/mol. The third-order valence-electron chi connectivity index (χ3n) is 4.69. The molecule has 2 aliphatic rings. The van der Waals surface area contributed by atoms with Crippen molar-refractivity contribution < 1.29 is 9.53 Å². The Balaban J connectivity index is 0.00000264. The van der Waals surface area contributed by atoms with Gasteiger partial charge in [0.15, 0.2) is 5.96 Å². The topological polar surface area (TPSA) is 53.9 Å². The van der Waals surface area contributed by atoms with Crippen molar-refractivity contribution in [2.75, 3.05) is 39.5 Å². The van der Waals surface area contributed by atoms with Gasteiger partial charge >= 0.3 is 5.97 Å². The molecule has 0 bridgehead atoms. The molecule has 2 rings (SSSR count). The molecular weight excluding hydrogens is 425 g/mol. The number of halogens is 1. The van der Waals surface area contributed by atoms with Gasteiger partial charge < -0.3 is 15.0 Å². The first-order valence-corrected chi connectivity index (χ1v) is 9.26. The monoisotopic (exact) mass is 455 g/mol. The van der Waals surface area contributed by atoms with Crippen LogP contribution in [0.2, 0.25) is 0 Å². The molecule has 1 saturated heterocycles. The fraction of sp³-hybridized carbons (Fsp3) is 0.875. The minimum Gasteiger partial charge on any atom is -0.469 e. The lowest BCUT2D eigenvalue weighted by Gasteiger charge is -2.45. The Bertz CT molecular complexity index is 409. The molecule has 1 heterocycles. The van der Waals surface area contributed by atoms with E-state index in [2.05, 4.69) is 27.0 Å². The van der Waals surface area contributed by atoms with Crippen LogP contribution in [0.1, 0.15) is 39.0 Å². The van der Waals surface area contributed by atoms with E-state index in [1.54, 1.807) is 0 Å². The number of carbonyl (C=O) groups excluding carboxylic acids is 1. The Morgan fingerprint density at radius 2 is 2.09 bits per heavy atom. The number of hydrogen-bond donors (Lipinski definition) is 1. The van der Waals surface area contributed by atoms with Gasteiger partial charge in [-0.3, -0.25) is 9.79 Å². The fourth-order valence-electron chi connectivity index (χ4n) is 3.39. The van der Waals surface area contributed by atoms with Crippen LogP contribution in [0.3, 0.4) is 0 Å². The van der Waals surface area contributed by atoms with E-state index in [4.69, 9.17) is 4.74 Å². The van der Waals surface area contributed by atoms with Crippen LogP contribution in [-0.2, 0) is 9.53 Å². The molecule has 0 aromatic carbocycles. The summed E-state index contributed by atoms with van der Waals surface area (Å²) in [4.78, 5) is 18.3. The number of nitrogens with one attached hydrogen (secondary N) is 1. The highest BCUT2D eigenvalue weighted by molar-refractivity contribution is 14.0. The third kappa shape index (κ3) is 5.69. The van der Waals surface area contributed by atoms with E-state index < -0.39 is 0 Å². The van der Waals surface area contributed by atoms with E-state index in [1.807, 2.05) is 14.0 Å². The van der Waals surface area contributed by atoms with Gasteiger partial charge in [0, 0.05) is 37.2 Å². The van der Waals surface area contributed by atoms with Gasteiger partial charge in [-0.05, 0) is 12.8 Å². The number of aliphatic imine (C=N–C) groups is 1. The third-order valence-corrected chi connectivity index (χ3v) is 6.23. The van der Waals surface area contributed by atoms with Crippen molar-refractivity contribution >= 4 is 47.7 Å².